The largest absolute Gasteiger partial charge is 0.344 e. The number of aromatic nitrogens is 4. The third-order valence-corrected chi connectivity index (χ3v) is 2.57. The number of nitrogens with zero attached hydrogens (tertiary/aromatic N) is 4. The first kappa shape index (κ1) is 12.0. The normalized spacial score (nSPS) is 11.6. The van der Waals surface area contributed by atoms with Crippen molar-refractivity contribution in [3.63, 3.8) is 0 Å². The second-order valence-electron chi connectivity index (χ2n) is 3.95. The molecule has 2 heterocycles. The SMILES string of the molecule is C(=Nc1ccccc1N=Cc1ncc[nH]1)c1ncc[nH]1. The van der Waals surface area contributed by atoms with E-state index < -0.39 is 0 Å². The lowest BCUT2D eigenvalue weighted by Crippen LogP contribution is -1.84. The van der Waals surface area contributed by atoms with Gasteiger partial charge in [0, 0.05) is 24.8 Å². The van der Waals surface area contributed by atoms with Crippen LogP contribution in [0.5, 0.6) is 0 Å². The van der Waals surface area contributed by atoms with E-state index in [1.54, 1.807) is 37.2 Å². The van der Waals surface area contributed by atoms with E-state index >= 15 is 0 Å². The summed E-state index contributed by atoms with van der Waals surface area (Å²) in [5, 5.41) is 0. The maximum atomic E-state index is 4.39. The van der Waals surface area contributed by atoms with E-state index in [4.69, 9.17) is 0 Å². The van der Waals surface area contributed by atoms with E-state index in [-0.39, 0.29) is 0 Å². The summed E-state index contributed by atoms with van der Waals surface area (Å²) in [5.74, 6) is 1.41. The van der Waals surface area contributed by atoms with Gasteiger partial charge in [0.2, 0.25) is 0 Å². The lowest BCUT2D eigenvalue weighted by atomic mass is 10.3. The number of nitrogens with one attached hydrogen (secondary N) is 2. The first-order chi connectivity index (χ1) is 9.92. The van der Waals surface area contributed by atoms with Crippen LogP contribution in [-0.4, -0.2) is 32.4 Å². The van der Waals surface area contributed by atoms with Crippen molar-refractivity contribution in [2.24, 2.45) is 9.98 Å². The number of aromatic amines is 2. The van der Waals surface area contributed by atoms with Crippen molar-refractivity contribution in [2.75, 3.05) is 0 Å². The van der Waals surface area contributed by atoms with Crippen molar-refractivity contribution >= 4 is 23.8 Å². The van der Waals surface area contributed by atoms with Crippen LogP contribution in [0.2, 0.25) is 0 Å². The van der Waals surface area contributed by atoms with Crippen LogP contribution in [0.4, 0.5) is 11.4 Å². The highest BCUT2D eigenvalue weighted by Crippen LogP contribution is 2.26. The van der Waals surface area contributed by atoms with E-state index in [1.807, 2.05) is 24.3 Å². The number of aliphatic imine (C=N–C) groups is 2. The summed E-state index contributed by atoms with van der Waals surface area (Å²) in [6.45, 7) is 0. The predicted molar refractivity (Wildman–Crippen MR) is 78.1 cm³/mol. The number of benzene rings is 1. The zero-order valence-corrected chi connectivity index (χ0v) is 10.6. The van der Waals surface area contributed by atoms with Crippen LogP contribution in [0.3, 0.4) is 0 Å². The highest BCUT2D eigenvalue weighted by Gasteiger charge is 1.98. The van der Waals surface area contributed by atoms with Crippen LogP contribution >= 0.6 is 0 Å². The fourth-order valence-corrected chi connectivity index (χ4v) is 1.64. The van der Waals surface area contributed by atoms with Gasteiger partial charge in [0.15, 0.2) is 0 Å². The molecule has 0 fully saturated rings. The molecule has 0 saturated heterocycles. The molecule has 6 nitrogen and oxygen atoms in total. The number of para-hydroxylation sites is 2. The van der Waals surface area contributed by atoms with Crippen molar-refractivity contribution in [1.82, 2.24) is 19.9 Å². The van der Waals surface area contributed by atoms with E-state index in [0.717, 1.165) is 11.4 Å². The van der Waals surface area contributed by atoms with Crippen LogP contribution in [-0.2, 0) is 0 Å². The molecule has 1 aromatic carbocycles. The maximum Gasteiger partial charge on any atom is 0.148 e. The first-order valence-electron chi connectivity index (χ1n) is 6.08. The van der Waals surface area contributed by atoms with Crippen molar-refractivity contribution in [1.29, 1.82) is 0 Å². The number of H-pyrrole nitrogens is 2. The Balaban J connectivity index is 1.85. The molecule has 0 aliphatic heterocycles. The highest BCUT2D eigenvalue weighted by atomic mass is 14.9. The van der Waals surface area contributed by atoms with Gasteiger partial charge in [0.1, 0.15) is 11.6 Å². The van der Waals surface area contributed by atoms with Crippen LogP contribution < -0.4 is 0 Å². The number of rotatable bonds is 4. The van der Waals surface area contributed by atoms with Crippen LogP contribution in [0.15, 0.2) is 59.0 Å². The molecule has 2 aromatic heterocycles. The molecule has 0 amide bonds. The van der Waals surface area contributed by atoms with Gasteiger partial charge in [-0.05, 0) is 12.1 Å². The van der Waals surface area contributed by atoms with E-state index in [2.05, 4.69) is 29.9 Å². The van der Waals surface area contributed by atoms with Gasteiger partial charge in [-0.2, -0.15) is 0 Å². The topological polar surface area (TPSA) is 82.1 Å². The Morgan fingerprint density at radius 1 is 0.800 bits per heavy atom. The van der Waals surface area contributed by atoms with Crippen molar-refractivity contribution in [3.05, 3.63) is 60.7 Å². The fourth-order valence-electron chi connectivity index (χ4n) is 1.64. The lowest BCUT2D eigenvalue weighted by molar-refractivity contribution is 1.27. The maximum absolute atomic E-state index is 4.39. The molecule has 6 heteroatoms. The summed E-state index contributed by atoms with van der Waals surface area (Å²) in [4.78, 5) is 22.9. The van der Waals surface area contributed by atoms with Gasteiger partial charge >= 0.3 is 0 Å². The Morgan fingerprint density at radius 2 is 1.30 bits per heavy atom. The zero-order chi connectivity index (χ0) is 13.6. The quantitative estimate of drug-likeness (QED) is 0.710. The molecule has 0 aliphatic carbocycles. The van der Waals surface area contributed by atoms with Crippen LogP contribution in [0, 0.1) is 0 Å². The standard InChI is InChI=1S/C14H12N6/c1-2-4-12(20-10-14-17-7-8-18-14)11(3-1)19-9-13-15-5-6-16-13/h1-10H,(H,15,16)(H,17,18). The fraction of sp³-hybridized carbons (Fsp3) is 0. The molecule has 3 rings (SSSR count). The molecule has 2 N–H and O–H groups in total. The van der Waals surface area contributed by atoms with Crippen molar-refractivity contribution in [2.45, 2.75) is 0 Å². The van der Waals surface area contributed by atoms with Gasteiger partial charge in [-0.3, -0.25) is 9.98 Å². The summed E-state index contributed by atoms with van der Waals surface area (Å²) < 4.78 is 0. The molecule has 0 atom stereocenters. The van der Waals surface area contributed by atoms with Gasteiger partial charge in [0.25, 0.3) is 0 Å². The Morgan fingerprint density at radius 3 is 1.70 bits per heavy atom. The average Bonchev–Trinajstić information content (AvgIpc) is 3.17. The summed E-state index contributed by atoms with van der Waals surface area (Å²) in [6.07, 6.45) is 10.2. The third kappa shape index (κ3) is 2.86. The van der Waals surface area contributed by atoms with Crippen molar-refractivity contribution < 1.29 is 0 Å². The Hall–Kier alpha value is -3.02. The predicted octanol–water partition coefficient (Wildman–Crippen LogP) is 2.63. The van der Waals surface area contributed by atoms with E-state index in [0.29, 0.717) is 11.6 Å². The molecule has 0 saturated carbocycles. The molecule has 0 aliphatic rings. The monoisotopic (exact) mass is 264 g/mol. The summed E-state index contributed by atoms with van der Waals surface area (Å²) in [7, 11) is 0. The molecular weight excluding hydrogens is 252 g/mol. The van der Waals surface area contributed by atoms with Gasteiger partial charge in [-0.1, -0.05) is 12.1 Å². The van der Waals surface area contributed by atoms with Gasteiger partial charge < -0.3 is 9.97 Å². The summed E-state index contributed by atoms with van der Waals surface area (Å²) >= 11 is 0. The number of imidazole rings is 2. The summed E-state index contributed by atoms with van der Waals surface area (Å²) in [5.41, 5.74) is 1.54. The third-order valence-electron chi connectivity index (χ3n) is 2.57. The smallest absolute Gasteiger partial charge is 0.148 e. The second-order valence-corrected chi connectivity index (χ2v) is 3.95. The lowest BCUT2D eigenvalue weighted by Gasteiger charge is -1.98. The Bertz CT molecular complexity index is 647. The van der Waals surface area contributed by atoms with Crippen LogP contribution in [0.1, 0.15) is 11.6 Å². The molecule has 98 valence electrons. The van der Waals surface area contributed by atoms with Gasteiger partial charge in [-0.15, -0.1) is 0 Å². The number of hydrogen-bond acceptors (Lipinski definition) is 4. The minimum absolute atomic E-state index is 0.704. The van der Waals surface area contributed by atoms with Gasteiger partial charge in [0.05, 0.1) is 23.8 Å². The molecular formula is C14H12N6. The molecule has 20 heavy (non-hydrogen) atoms. The summed E-state index contributed by atoms with van der Waals surface area (Å²) in [6, 6.07) is 7.63. The number of hydrogen-bond donors (Lipinski definition) is 2. The molecule has 0 bridgehead atoms. The molecule has 3 aromatic rings. The van der Waals surface area contributed by atoms with E-state index in [9.17, 15) is 0 Å². The first-order valence-corrected chi connectivity index (χ1v) is 6.08. The Kier molecular flexibility index (Phi) is 3.46. The van der Waals surface area contributed by atoms with E-state index in [1.165, 1.54) is 0 Å². The van der Waals surface area contributed by atoms with Crippen LogP contribution in [0.25, 0.3) is 0 Å². The Labute approximate surface area is 115 Å². The molecule has 0 spiro atoms. The van der Waals surface area contributed by atoms with Gasteiger partial charge in [-0.25, -0.2) is 9.97 Å². The minimum atomic E-state index is 0.704. The molecule has 0 unspecified atom stereocenters. The molecule has 0 radical (unpaired) electrons. The highest BCUT2D eigenvalue weighted by molar-refractivity contribution is 5.83. The minimum Gasteiger partial charge on any atom is -0.344 e. The second kappa shape index (κ2) is 5.75. The average molecular weight is 264 g/mol. The zero-order valence-electron chi connectivity index (χ0n) is 10.6. The van der Waals surface area contributed by atoms with Crippen molar-refractivity contribution in [3.8, 4) is 0 Å².